The van der Waals surface area contributed by atoms with Gasteiger partial charge in [0.15, 0.2) is 6.10 Å². The van der Waals surface area contributed by atoms with Gasteiger partial charge in [-0.25, -0.2) is 0 Å². The van der Waals surface area contributed by atoms with Gasteiger partial charge in [0.25, 0.3) is 5.91 Å². The number of carbonyl (C=O) groups is 1. The smallest absolute Gasteiger partial charge is 0.265 e. The van der Waals surface area contributed by atoms with Crippen LogP contribution in [-0.2, 0) is 11.2 Å². The summed E-state index contributed by atoms with van der Waals surface area (Å²) in [6, 6.07) is 12.4. The Bertz CT molecular complexity index is 871. The fourth-order valence-electron chi connectivity index (χ4n) is 2.91. The van der Waals surface area contributed by atoms with Gasteiger partial charge in [0.2, 0.25) is 0 Å². The molecule has 3 rings (SSSR count). The average molecular weight is 366 g/mol. The van der Waals surface area contributed by atoms with Crippen LogP contribution in [0.15, 0.2) is 36.4 Å². The van der Waals surface area contributed by atoms with Gasteiger partial charge in [0, 0.05) is 18.1 Å². The Morgan fingerprint density at radius 2 is 2.11 bits per heavy atom. The molecule has 0 saturated heterocycles. The zero-order valence-electron chi connectivity index (χ0n) is 15.6. The van der Waals surface area contributed by atoms with Crippen molar-refractivity contribution in [1.82, 2.24) is 0 Å². The molecule has 0 bridgehead atoms. The molecule has 2 atom stereocenters. The molecule has 6 heteroatoms. The predicted octanol–water partition coefficient (Wildman–Crippen LogP) is 3.69. The zero-order chi connectivity index (χ0) is 19.4. The summed E-state index contributed by atoms with van der Waals surface area (Å²) >= 11 is 0. The number of anilines is 1. The van der Waals surface area contributed by atoms with Crippen LogP contribution in [0, 0.1) is 11.3 Å². The van der Waals surface area contributed by atoms with Crippen molar-refractivity contribution in [1.29, 1.82) is 5.26 Å². The van der Waals surface area contributed by atoms with Gasteiger partial charge in [-0.15, -0.1) is 0 Å². The highest BCUT2D eigenvalue weighted by atomic mass is 16.5. The minimum Gasteiger partial charge on any atom is -0.492 e. The van der Waals surface area contributed by atoms with Crippen LogP contribution < -0.4 is 19.5 Å². The first-order valence-corrected chi connectivity index (χ1v) is 8.94. The second-order valence-corrected chi connectivity index (χ2v) is 6.41. The minimum atomic E-state index is -0.722. The van der Waals surface area contributed by atoms with Crippen molar-refractivity contribution < 1.29 is 19.0 Å². The maximum absolute atomic E-state index is 12.6. The van der Waals surface area contributed by atoms with Crippen LogP contribution in [0.4, 0.5) is 5.69 Å². The van der Waals surface area contributed by atoms with E-state index < -0.39 is 6.10 Å². The summed E-state index contributed by atoms with van der Waals surface area (Å²) in [6.07, 6.45) is 0.210. The third-order valence-electron chi connectivity index (χ3n) is 4.22. The molecule has 0 fully saturated rings. The average Bonchev–Trinajstić information content (AvgIpc) is 3.01. The van der Waals surface area contributed by atoms with E-state index in [4.69, 9.17) is 19.5 Å². The third kappa shape index (κ3) is 4.32. The number of nitriles is 1. The van der Waals surface area contributed by atoms with Crippen LogP contribution in [0.3, 0.4) is 0 Å². The van der Waals surface area contributed by atoms with Gasteiger partial charge in [0.1, 0.15) is 23.4 Å². The molecule has 0 radical (unpaired) electrons. The fourth-order valence-corrected chi connectivity index (χ4v) is 2.91. The Hall–Kier alpha value is -3.20. The molecule has 0 aromatic heterocycles. The lowest BCUT2D eigenvalue weighted by atomic mass is 10.1. The maximum Gasteiger partial charge on any atom is 0.265 e. The summed E-state index contributed by atoms with van der Waals surface area (Å²) in [5.74, 6) is 1.61. The maximum atomic E-state index is 12.6. The molecule has 2 aromatic rings. The number of carbonyl (C=O) groups excluding carboxylic acids is 1. The van der Waals surface area contributed by atoms with E-state index in [0.717, 1.165) is 17.7 Å². The molecular weight excluding hydrogens is 344 g/mol. The predicted molar refractivity (Wildman–Crippen MR) is 101 cm³/mol. The molecule has 0 saturated carbocycles. The van der Waals surface area contributed by atoms with Crippen molar-refractivity contribution in [2.75, 3.05) is 11.9 Å². The summed E-state index contributed by atoms with van der Waals surface area (Å²) in [4.78, 5) is 12.6. The lowest BCUT2D eigenvalue weighted by molar-refractivity contribution is -0.122. The second-order valence-electron chi connectivity index (χ2n) is 6.41. The molecule has 140 valence electrons. The van der Waals surface area contributed by atoms with Gasteiger partial charge >= 0.3 is 0 Å². The van der Waals surface area contributed by atoms with E-state index in [-0.39, 0.29) is 12.0 Å². The monoisotopic (exact) mass is 366 g/mol. The van der Waals surface area contributed by atoms with E-state index in [9.17, 15) is 4.79 Å². The van der Waals surface area contributed by atoms with Crippen molar-refractivity contribution in [2.45, 2.75) is 39.4 Å². The van der Waals surface area contributed by atoms with Crippen molar-refractivity contribution in [3.63, 3.8) is 0 Å². The van der Waals surface area contributed by atoms with E-state index in [2.05, 4.69) is 5.32 Å². The number of ether oxygens (including phenoxy) is 3. The van der Waals surface area contributed by atoms with E-state index in [0.29, 0.717) is 29.4 Å². The normalized spacial score (nSPS) is 15.9. The molecule has 0 aliphatic carbocycles. The zero-order valence-corrected chi connectivity index (χ0v) is 15.6. The summed E-state index contributed by atoms with van der Waals surface area (Å²) in [5, 5.41) is 11.7. The Morgan fingerprint density at radius 3 is 2.78 bits per heavy atom. The number of amides is 1. The Balaban J connectivity index is 1.72. The van der Waals surface area contributed by atoms with Crippen LogP contribution in [0.2, 0.25) is 0 Å². The molecule has 1 heterocycles. The molecule has 6 nitrogen and oxygen atoms in total. The minimum absolute atomic E-state index is 0.110. The number of hydrogen-bond donors (Lipinski definition) is 1. The molecule has 0 spiro atoms. The summed E-state index contributed by atoms with van der Waals surface area (Å²) in [5.41, 5.74) is 2.17. The summed E-state index contributed by atoms with van der Waals surface area (Å²) in [7, 11) is 0. The number of benzene rings is 2. The SMILES string of the molecule is CCOc1cc2c(cc1NC(=O)[C@H](C)Oc1ccc(C#N)cc1)O[C@H](C)C2. The highest BCUT2D eigenvalue weighted by Gasteiger charge is 2.24. The first kappa shape index (κ1) is 18.6. The molecular formula is C21H22N2O4. The van der Waals surface area contributed by atoms with Gasteiger partial charge in [-0.2, -0.15) is 5.26 Å². The number of nitrogens with zero attached hydrogens (tertiary/aromatic N) is 1. The van der Waals surface area contributed by atoms with Gasteiger partial charge in [-0.1, -0.05) is 0 Å². The second kappa shape index (κ2) is 8.00. The van der Waals surface area contributed by atoms with E-state index in [1.54, 1.807) is 37.3 Å². The first-order valence-electron chi connectivity index (χ1n) is 8.94. The quantitative estimate of drug-likeness (QED) is 0.843. The lowest BCUT2D eigenvalue weighted by Crippen LogP contribution is -2.30. The molecule has 1 aliphatic heterocycles. The van der Waals surface area contributed by atoms with Crippen molar-refractivity contribution in [3.05, 3.63) is 47.5 Å². The topological polar surface area (TPSA) is 80.6 Å². The van der Waals surface area contributed by atoms with Crippen molar-refractivity contribution in [3.8, 4) is 23.3 Å². The number of nitrogens with one attached hydrogen (secondary N) is 1. The number of hydrogen-bond acceptors (Lipinski definition) is 5. The van der Waals surface area contributed by atoms with Crippen LogP contribution in [0.5, 0.6) is 17.2 Å². The Kier molecular flexibility index (Phi) is 5.51. The number of rotatable bonds is 6. The van der Waals surface area contributed by atoms with Crippen LogP contribution in [0.1, 0.15) is 31.9 Å². The Morgan fingerprint density at radius 1 is 1.37 bits per heavy atom. The number of fused-ring (bicyclic) bond motifs is 1. The summed E-state index contributed by atoms with van der Waals surface area (Å²) < 4.78 is 17.1. The summed E-state index contributed by atoms with van der Waals surface area (Å²) in [6.45, 7) is 6.07. The van der Waals surface area contributed by atoms with E-state index >= 15 is 0 Å². The van der Waals surface area contributed by atoms with Crippen LogP contribution >= 0.6 is 0 Å². The molecule has 1 amide bonds. The van der Waals surface area contributed by atoms with Crippen molar-refractivity contribution in [2.24, 2.45) is 0 Å². The van der Waals surface area contributed by atoms with Gasteiger partial charge in [0.05, 0.1) is 23.9 Å². The highest BCUT2D eigenvalue weighted by molar-refractivity contribution is 5.95. The third-order valence-corrected chi connectivity index (χ3v) is 4.22. The molecule has 2 aromatic carbocycles. The van der Waals surface area contributed by atoms with E-state index in [1.807, 2.05) is 26.0 Å². The fraction of sp³-hybridized carbons (Fsp3) is 0.333. The lowest BCUT2D eigenvalue weighted by Gasteiger charge is -2.17. The molecule has 1 N–H and O–H groups in total. The molecule has 1 aliphatic rings. The van der Waals surface area contributed by atoms with Crippen molar-refractivity contribution >= 4 is 11.6 Å². The standard InChI is InChI=1S/C21H22N2O4/c1-4-25-20-10-16-9-13(2)26-19(16)11-18(20)23-21(24)14(3)27-17-7-5-15(12-22)6-8-17/h5-8,10-11,13-14H,4,9H2,1-3H3,(H,23,24)/t13-,14+/m1/s1. The molecule has 0 unspecified atom stereocenters. The highest BCUT2D eigenvalue weighted by Crippen LogP contribution is 2.38. The van der Waals surface area contributed by atoms with Gasteiger partial charge in [-0.05, 0) is 51.1 Å². The first-order chi connectivity index (χ1) is 13.0. The molecule has 27 heavy (non-hydrogen) atoms. The van der Waals surface area contributed by atoms with E-state index in [1.165, 1.54) is 0 Å². The van der Waals surface area contributed by atoms with Crippen LogP contribution in [0.25, 0.3) is 0 Å². The van der Waals surface area contributed by atoms with Gasteiger partial charge < -0.3 is 19.5 Å². The van der Waals surface area contributed by atoms with Gasteiger partial charge in [-0.3, -0.25) is 4.79 Å². The largest absolute Gasteiger partial charge is 0.492 e. The van der Waals surface area contributed by atoms with Crippen LogP contribution in [-0.4, -0.2) is 24.7 Å². The Labute approximate surface area is 158 Å².